The normalized spacial score (nSPS) is 11.1. The Labute approximate surface area is 110 Å². The van der Waals surface area contributed by atoms with Gasteiger partial charge in [0.15, 0.2) is 0 Å². The molecule has 0 aliphatic rings. The number of aryl methyl sites for hydroxylation is 1. The summed E-state index contributed by atoms with van der Waals surface area (Å²) in [5.74, 6) is 0.856. The summed E-state index contributed by atoms with van der Waals surface area (Å²) in [6.45, 7) is 3.58. The molecule has 0 saturated carbocycles. The molecule has 1 aromatic carbocycles. The van der Waals surface area contributed by atoms with Crippen molar-refractivity contribution in [2.24, 2.45) is 0 Å². The molecule has 0 unspecified atom stereocenters. The Morgan fingerprint density at radius 2 is 2.06 bits per heavy atom. The van der Waals surface area contributed by atoms with Crippen LogP contribution in [-0.2, 0) is 13.1 Å². The fraction of sp³-hybridized carbons (Fsp3) is 0.308. The highest BCUT2D eigenvalue weighted by atomic mass is 79.9. The lowest BCUT2D eigenvalue weighted by atomic mass is 10.2. The van der Waals surface area contributed by atoms with Gasteiger partial charge in [-0.25, -0.2) is 0 Å². The van der Waals surface area contributed by atoms with Gasteiger partial charge in [0.1, 0.15) is 5.76 Å². The molecule has 2 rings (SSSR count). The molecular weight excluding hydrogens is 280 g/mol. The molecule has 0 bridgehead atoms. The molecule has 0 radical (unpaired) electrons. The molecular formula is C13H15BrN2O. The average molecular weight is 295 g/mol. The van der Waals surface area contributed by atoms with E-state index in [4.69, 9.17) is 4.52 Å². The summed E-state index contributed by atoms with van der Waals surface area (Å²) in [7, 11) is 2.07. The standard InChI is InChI=1S/C13H15BrN2O/c1-10-7-12(15-17-10)9-16(2)8-11-5-3-4-6-13(11)14/h3-7H,8-9H2,1-2H3. The number of halogens is 1. The van der Waals surface area contributed by atoms with Crippen LogP contribution in [0.25, 0.3) is 0 Å². The molecule has 0 spiro atoms. The highest BCUT2D eigenvalue weighted by molar-refractivity contribution is 9.10. The van der Waals surface area contributed by atoms with Gasteiger partial charge < -0.3 is 4.52 Å². The summed E-state index contributed by atoms with van der Waals surface area (Å²) in [6, 6.07) is 10.2. The van der Waals surface area contributed by atoms with Crippen LogP contribution < -0.4 is 0 Å². The van der Waals surface area contributed by atoms with Crippen LogP contribution in [-0.4, -0.2) is 17.1 Å². The van der Waals surface area contributed by atoms with Crippen molar-refractivity contribution in [1.29, 1.82) is 0 Å². The first-order chi connectivity index (χ1) is 8.15. The van der Waals surface area contributed by atoms with E-state index < -0.39 is 0 Å². The van der Waals surface area contributed by atoms with Crippen molar-refractivity contribution in [2.45, 2.75) is 20.0 Å². The van der Waals surface area contributed by atoms with E-state index in [9.17, 15) is 0 Å². The summed E-state index contributed by atoms with van der Waals surface area (Å²) >= 11 is 3.55. The number of hydrogen-bond acceptors (Lipinski definition) is 3. The quantitative estimate of drug-likeness (QED) is 0.866. The van der Waals surface area contributed by atoms with Crippen molar-refractivity contribution in [1.82, 2.24) is 10.1 Å². The lowest BCUT2D eigenvalue weighted by Crippen LogP contribution is -2.17. The monoisotopic (exact) mass is 294 g/mol. The molecule has 0 aliphatic heterocycles. The van der Waals surface area contributed by atoms with E-state index in [0.29, 0.717) is 0 Å². The maximum absolute atomic E-state index is 5.05. The Morgan fingerprint density at radius 1 is 1.29 bits per heavy atom. The molecule has 0 saturated heterocycles. The minimum absolute atomic E-state index is 0.790. The molecule has 0 N–H and O–H groups in total. The summed E-state index contributed by atoms with van der Waals surface area (Å²) in [5, 5.41) is 3.99. The van der Waals surface area contributed by atoms with Gasteiger partial charge in [0.2, 0.25) is 0 Å². The maximum Gasteiger partial charge on any atom is 0.133 e. The molecule has 3 nitrogen and oxygen atoms in total. The van der Waals surface area contributed by atoms with Gasteiger partial charge >= 0.3 is 0 Å². The average Bonchev–Trinajstić information content (AvgIpc) is 2.67. The Balaban J connectivity index is 1.98. The highest BCUT2D eigenvalue weighted by Gasteiger charge is 2.07. The first-order valence-electron chi connectivity index (χ1n) is 5.49. The second-order valence-electron chi connectivity index (χ2n) is 4.19. The van der Waals surface area contributed by atoms with Gasteiger partial charge in [0, 0.05) is 23.6 Å². The minimum atomic E-state index is 0.790. The predicted molar refractivity (Wildman–Crippen MR) is 70.6 cm³/mol. The van der Waals surface area contributed by atoms with Gasteiger partial charge in [-0.1, -0.05) is 39.3 Å². The third kappa shape index (κ3) is 3.41. The SMILES string of the molecule is Cc1cc(CN(C)Cc2ccccc2Br)no1. The highest BCUT2D eigenvalue weighted by Crippen LogP contribution is 2.18. The van der Waals surface area contributed by atoms with Crippen molar-refractivity contribution in [3.63, 3.8) is 0 Å². The van der Waals surface area contributed by atoms with Gasteiger partial charge in [-0.15, -0.1) is 0 Å². The Morgan fingerprint density at radius 3 is 2.71 bits per heavy atom. The summed E-state index contributed by atoms with van der Waals surface area (Å²) in [6.07, 6.45) is 0. The van der Waals surface area contributed by atoms with E-state index in [1.54, 1.807) is 0 Å². The zero-order valence-corrected chi connectivity index (χ0v) is 11.6. The van der Waals surface area contributed by atoms with Gasteiger partial charge in [-0.05, 0) is 25.6 Å². The van der Waals surface area contributed by atoms with Crippen molar-refractivity contribution in [3.8, 4) is 0 Å². The molecule has 2 aromatic rings. The van der Waals surface area contributed by atoms with Crippen molar-refractivity contribution < 1.29 is 4.52 Å². The van der Waals surface area contributed by atoms with Crippen LogP contribution in [0.5, 0.6) is 0 Å². The smallest absolute Gasteiger partial charge is 0.133 e. The van der Waals surface area contributed by atoms with Crippen molar-refractivity contribution >= 4 is 15.9 Å². The molecule has 4 heteroatoms. The van der Waals surface area contributed by atoms with Crippen LogP contribution in [0, 0.1) is 6.92 Å². The summed E-state index contributed by atoms with van der Waals surface area (Å²) in [4.78, 5) is 2.21. The number of aromatic nitrogens is 1. The van der Waals surface area contributed by atoms with E-state index in [2.05, 4.69) is 45.2 Å². The van der Waals surface area contributed by atoms with Gasteiger partial charge in [-0.2, -0.15) is 0 Å². The number of hydrogen-bond donors (Lipinski definition) is 0. The Hall–Kier alpha value is -1.13. The fourth-order valence-corrected chi connectivity index (χ4v) is 2.15. The molecule has 0 atom stereocenters. The molecule has 1 heterocycles. The zero-order valence-electron chi connectivity index (χ0n) is 9.98. The topological polar surface area (TPSA) is 29.3 Å². The molecule has 0 amide bonds. The van der Waals surface area contributed by atoms with E-state index in [0.717, 1.165) is 29.0 Å². The number of rotatable bonds is 4. The second kappa shape index (κ2) is 5.47. The third-order valence-electron chi connectivity index (χ3n) is 2.51. The van der Waals surface area contributed by atoms with Crippen LogP contribution >= 0.6 is 15.9 Å². The van der Waals surface area contributed by atoms with E-state index in [1.165, 1.54) is 5.56 Å². The summed E-state index contributed by atoms with van der Waals surface area (Å²) < 4.78 is 6.20. The largest absolute Gasteiger partial charge is 0.361 e. The van der Waals surface area contributed by atoms with E-state index >= 15 is 0 Å². The fourth-order valence-electron chi connectivity index (χ4n) is 1.74. The van der Waals surface area contributed by atoms with Crippen LogP contribution in [0.3, 0.4) is 0 Å². The molecule has 17 heavy (non-hydrogen) atoms. The molecule has 90 valence electrons. The minimum Gasteiger partial charge on any atom is -0.361 e. The first kappa shape index (κ1) is 12.3. The Bertz CT molecular complexity index is 496. The maximum atomic E-state index is 5.05. The predicted octanol–water partition coefficient (Wildman–Crippen LogP) is 3.38. The van der Waals surface area contributed by atoms with Crippen molar-refractivity contribution in [2.75, 3.05) is 7.05 Å². The Kier molecular flexibility index (Phi) is 3.97. The lowest BCUT2D eigenvalue weighted by Gasteiger charge is -2.15. The molecule has 1 aromatic heterocycles. The van der Waals surface area contributed by atoms with E-state index in [-0.39, 0.29) is 0 Å². The van der Waals surface area contributed by atoms with E-state index in [1.807, 2.05) is 25.1 Å². The zero-order chi connectivity index (χ0) is 12.3. The van der Waals surface area contributed by atoms with Crippen LogP contribution in [0.1, 0.15) is 17.0 Å². The second-order valence-corrected chi connectivity index (χ2v) is 5.05. The molecule has 0 aliphatic carbocycles. The number of nitrogens with zero attached hydrogens (tertiary/aromatic N) is 2. The van der Waals surface area contributed by atoms with Gasteiger partial charge in [-0.3, -0.25) is 4.90 Å². The van der Waals surface area contributed by atoms with Crippen molar-refractivity contribution in [3.05, 3.63) is 51.8 Å². The van der Waals surface area contributed by atoms with Crippen LogP contribution in [0.15, 0.2) is 39.3 Å². The first-order valence-corrected chi connectivity index (χ1v) is 6.28. The van der Waals surface area contributed by atoms with Gasteiger partial charge in [0.05, 0.1) is 5.69 Å². The van der Waals surface area contributed by atoms with Crippen LogP contribution in [0.2, 0.25) is 0 Å². The third-order valence-corrected chi connectivity index (χ3v) is 3.28. The summed E-state index contributed by atoms with van der Waals surface area (Å²) in [5.41, 5.74) is 2.24. The van der Waals surface area contributed by atoms with Crippen LogP contribution in [0.4, 0.5) is 0 Å². The van der Waals surface area contributed by atoms with Gasteiger partial charge in [0.25, 0.3) is 0 Å². The molecule has 0 fully saturated rings. The lowest BCUT2D eigenvalue weighted by molar-refractivity contribution is 0.301. The number of benzene rings is 1.